The van der Waals surface area contributed by atoms with Gasteiger partial charge in [0, 0.05) is 0 Å². The van der Waals surface area contributed by atoms with E-state index in [9.17, 15) is 19.5 Å². The van der Waals surface area contributed by atoms with Gasteiger partial charge in [0.15, 0.2) is 0 Å². The van der Waals surface area contributed by atoms with Crippen LogP contribution in [0.1, 0.15) is 47.9 Å². The summed E-state index contributed by atoms with van der Waals surface area (Å²) in [7, 11) is 0. The van der Waals surface area contributed by atoms with E-state index in [1.807, 2.05) is 0 Å². The van der Waals surface area contributed by atoms with Gasteiger partial charge in [0.25, 0.3) is 11.8 Å². The van der Waals surface area contributed by atoms with Crippen LogP contribution in [0.5, 0.6) is 0 Å². The van der Waals surface area contributed by atoms with Crippen molar-refractivity contribution >= 4 is 17.9 Å². The van der Waals surface area contributed by atoms with E-state index in [0.717, 1.165) is 0 Å². The lowest BCUT2D eigenvalue weighted by Gasteiger charge is -2.23. The van der Waals surface area contributed by atoms with Crippen LogP contribution in [0, 0.1) is 0 Å². The summed E-state index contributed by atoms with van der Waals surface area (Å²) in [6.45, 7) is 4.82. The highest BCUT2D eigenvalue weighted by molar-refractivity contribution is 6.20. The van der Waals surface area contributed by atoms with Crippen LogP contribution in [-0.4, -0.2) is 52.9 Å². The molecule has 3 amide bonds. The lowest BCUT2D eigenvalue weighted by molar-refractivity contribution is -0.0942. The van der Waals surface area contributed by atoms with Crippen LogP contribution in [0.2, 0.25) is 0 Å². The Hall–Kier alpha value is -2.45. The minimum Gasteiger partial charge on any atom is -0.444 e. The molecule has 0 radical (unpaired) electrons. The Morgan fingerprint density at radius 2 is 1.76 bits per heavy atom. The molecular formula is C17H22N2O6. The first-order chi connectivity index (χ1) is 11.7. The van der Waals surface area contributed by atoms with Gasteiger partial charge in [0.1, 0.15) is 5.60 Å². The maximum absolute atomic E-state index is 12.1. The molecule has 0 fully saturated rings. The molecule has 1 aromatic carbocycles. The highest BCUT2D eigenvalue weighted by atomic mass is 16.7. The number of ether oxygens (including phenoxy) is 1. The summed E-state index contributed by atoms with van der Waals surface area (Å²) in [6.07, 6.45) is -0.462. The molecule has 0 spiro atoms. The molecule has 1 atom stereocenters. The molecule has 0 saturated heterocycles. The number of rotatable bonds is 6. The summed E-state index contributed by atoms with van der Waals surface area (Å²) in [5.74, 6) is -1.05. The molecule has 0 aliphatic carbocycles. The van der Waals surface area contributed by atoms with Gasteiger partial charge in [0.2, 0.25) is 0 Å². The van der Waals surface area contributed by atoms with Crippen LogP contribution in [0.3, 0.4) is 0 Å². The minimum atomic E-state index is -0.660. The van der Waals surface area contributed by atoms with Crippen molar-refractivity contribution in [2.24, 2.45) is 0 Å². The fourth-order valence-corrected chi connectivity index (χ4v) is 2.25. The summed E-state index contributed by atoms with van der Waals surface area (Å²) in [4.78, 5) is 41.2. The van der Waals surface area contributed by atoms with Gasteiger partial charge in [-0.05, 0) is 39.3 Å². The number of benzene rings is 1. The van der Waals surface area contributed by atoms with E-state index in [1.54, 1.807) is 45.0 Å². The normalized spacial score (nSPS) is 15.1. The molecule has 0 bridgehead atoms. The van der Waals surface area contributed by atoms with Crippen LogP contribution in [-0.2, 0) is 9.57 Å². The predicted molar refractivity (Wildman–Crippen MR) is 87.8 cm³/mol. The maximum atomic E-state index is 12.1. The zero-order valence-electron chi connectivity index (χ0n) is 14.4. The van der Waals surface area contributed by atoms with E-state index in [-0.39, 0.29) is 30.8 Å². The molecular weight excluding hydrogens is 328 g/mol. The van der Waals surface area contributed by atoms with E-state index in [2.05, 4.69) is 5.32 Å². The number of alkyl carbamates (subject to hydrolysis) is 1. The topological polar surface area (TPSA) is 105 Å². The largest absolute Gasteiger partial charge is 0.444 e. The maximum Gasteiger partial charge on any atom is 0.407 e. The van der Waals surface area contributed by atoms with E-state index in [1.165, 1.54) is 0 Å². The zero-order valence-corrected chi connectivity index (χ0v) is 14.4. The lowest BCUT2D eigenvalue weighted by atomic mass is 10.1. The second-order valence-corrected chi connectivity index (χ2v) is 6.60. The van der Waals surface area contributed by atoms with Gasteiger partial charge in [0.05, 0.1) is 30.4 Å². The van der Waals surface area contributed by atoms with Gasteiger partial charge in [-0.25, -0.2) is 4.79 Å². The molecule has 1 aromatic rings. The molecule has 0 saturated carbocycles. The predicted octanol–water partition coefficient (Wildman–Crippen LogP) is 1.49. The second-order valence-electron chi connectivity index (χ2n) is 6.60. The zero-order chi connectivity index (χ0) is 18.6. The summed E-state index contributed by atoms with van der Waals surface area (Å²) >= 11 is 0. The molecule has 0 aromatic heterocycles. The van der Waals surface area contributed by atoms with Crippen LogP contribution in [0.4, 0.5) is 4.79 Å². The Bertz CT molecular complexity index is 632. The van der Waals surface area contributed by atoms with E-state index < -0.39 is 29.6 Å². The van der Waals surface area contributed by atoms with Gasteiger partial charge in [-0.1, -0.05) is 12.1 Å². The number of hydrogen-bond donors (Lipinski definition) is 2. The van der Waals surface area contributed by atoms with E-state index >= 15 is 0 Å². The average Bonchev–Trinajstić information content (AvgIpc) is 2.77. The second kappa shape index (κ2) is 7.62. The minimum absolute atomic E-state index is 0.0352. The van der Waals surface area contributed by atoms with Crippen molar-refractivity contribution in [3.8, 4) is 0 Å². The van der Waals surface area contributed by atoms with Crippen molar-refractivity contribution in [1.29, 1.82) is 0 Å². The quantitative estimate of drug-likeness (QED) is 0.753. The van der Waals surface area contributed by atoms with Crippen LogP contribution >= 0.6 is 0 Å². The summed E-state index contributed by atoms with van der Waals surface area (Å²) in [5, 5.41) is 12.5. The number of amides is 3. The number of aliphatic hydroxyl groups excluding tert-OH is 1. The molecule has 2 rings (SSSR count). The average molecular weight is 350 g/mol. The van der Waals surface area contributed by atoms with E-state index in [4.69, 9.17) is 9.57 Å². The molecule has 2 N–H and O–H groups in total. The third kappa shape index (κ3) is 4.77. The molecule has 25 heavy (non-hydrogen) atoms. The van der Waals surface area contributed by atoms with Gasteiger partial charge in [-0.3, -0.25) is 14.4 Å². The van der Waals surface area contributed by atoms with Gasteiger partial charge in [-0.2, -0.15) is 0 Å². The van der Waals surface area contributed by atoms with Crippen LogP contribution in [0.15, 0.2) is 24.3 Å². The van der Waals surface area contributed by atoms with Gasteiger partial charge >= 0.3 is 6.09 Å². The fourth-order valence-electron chi connectivity index (χ4n) is 2.25. The van der Waals surface area contributed by atoms with Gasteiger partial charge in [-0.15, -0.1) is 5.06 Å². The van der Waals surface area contributed by atoms with Crippen molar-refractivity contribution < 1.29 is 29.1 Å². The number of imide groups is 1. The van der Waals surface area contributed by atoms with Crippen LogP contribution < -0.4 is 5.32 Å². The first-order valence-corrected chi connectivity index (χ1v) is 7.94. The molecule has 8 nitrogen and oxygen atoms in total. The number of hydrogen-bond acceptors (Lipinski definition) is 6. The molecule has 136 valence electrons. The molecule has 1 aliphatic heterocycles. The Morgan fingerprint density at radius 1 is 1.20 bits per heavy atom. The van der Waals surface area contributed by atoms with Crippen molar-refractivity contribution in [1.82, 2.24) is 10.4 Å². The molecule has 1 aliphatic rings. The Morgan fingerprint density at radius 3 is 2.24 bits per heavy atom. The number of nitrogens with one attached hydrogen (secondary N) is 1. The monoisotopic (exact) mass is 350 g/mol. The highest BCUT2D eigenvalue weighted by Crippen LogP contribution is 2.22. The number of carbonyl (C=O) groups is 3. The van der Waals surface area contributed by atoms with Crippen molar-refractivity contribution in [3.05, 3.63) is 35.4 Å². The van der Waals surface area contributed by atoms with Crippen LogP contribution in [0.25, 0.3) is 0 Å². The Balaban J connectivity index is 1.84. The number of aliphatic hydroxyl groups is 1. The number of nitrogens with zero attached hydrogens (tertiary/aromatic N) is 1. The first-order valence-electron chi connectivity index (χ1n) is 7.94. The number of hydroxylamine groups is 2. The smallest absolute Gasteiger partial charge is 0.407 e. The highest BCUT2D eigenvalue weighted by Gasteiger charge is 2.36. The number of fused-ring (bicyclic) bond motifs is 1. The Kier molecular flexibility index (Phi) is 5.76. The SMILES string of the molecule is CC(C)(C)OC(=O)NC(CO)CCON1C(=O)c2ccccc2C1=O. The van der Waals surface area contributed by atoms with Crippen molar-refractivity contribution in [2.45, 2.75) is 38.8 Å². The van der Waals surface area contributed by atoms with Crippen molar-refractivity contribution in [2.75, 3.05) is 13.2 Å². The Labute approximate surface area is 145 Å². The lowest BCUT2D eigenvalue weighted by Crippen LogP contribution is -2.42. The summed E-state index contributed by atoms with van der Waals surface area (Å²) in [6, 6.07) is 5.82. The third-order valence-corrected chi connectivity index (χ3v) is 3.38. The first kappa shape index (κ1) is 18.9. The molecule has 1 unspecified atom stereocenters. The van der Waals surface area contributed by atoms with Gasteiger partial charge < -0.3 is 15.2 Å². The molecule has 8 heteroatoms. The summed E-state index contributed by atoms with van der Waals surface area (Å²) < 4.78 is 5.11. The molecule has 1 heterocycles. The standard InChI is InChI=1S/C17H22N2O6/c1-17(2,3)25-16(23)18-11(10-20)8-9-24-19-14(21)12-6-4-5-7-13(12)15(19)22/h4-7,11,20H,8-10H2,1-3H3,(H,18,23). The fraction of sp³-hybridized carbons (Fsp3) is 0.471. The van der Waals surface area contributed by atoms with Crippen molar-refractivity contribution in [3.63, 3.8) is 0 Å². The number of carbonyl (C=O) groups excluding carboxylic acids is 3. The van der Waals surface area contributed by atoms with E-state index in [0.29, 0.717) is 5.06 Å². The summed E-state index contributed by atoms with van der Waals surface area (Å²) in [5.41, 5.74) is -0.0722. The third-order valence-electron chi connectivity index (χ3n) is 3.38.